The zero-order chi connectivity index (χ0) is 10.9. The van der Waals surface area contributed by atoms with Gasteiger partial charge in [-0.05, 0) is 18.9 Å². The first-order valence-electron chi connectivity index (χ1n) is 5.74. The summed E-state index contributed by atoms with van der Waals surface area (Å²) in [5.74, 6) is 3.15. The number of allylic oxidation sites excluding steroid dienone is 2. The maximum atomic E-state index is 3.33. The van der Waals surface area contributed by atoms with Gasteiger partial charge in [-0.2, -0.15) is 0 Å². The molecule has 0 aliphatic carbocycles. The summed E-state index contributed by atoms with van der Waals surface area (Å²) >= 11 is 0. The molecule has 0 saturated carbocycles. The quantitative estimate of drug-likeness (QED) is 0.357. The van der Waals surface area contributed by atoms with E-state index in [-0.39, 0.29) is 0 Å². The molecule has 0 bridgehead atoms. The molecule has 0 atom stereocenters. The lowest BCUT2D eigenvalue weighted by molar-refractivity contribution is 0.674. The average Bonchev–Trinajstić information content (AvgIpc) is 2.08. The summed E-state index contributed by atoms with van der Waals surface area (Å²) in [4.78, 5) is 0. The molecule has 0 amide bonds. The third-order valence-electron chi connectivity index (χ3n) is 1.87. The van der Waals surface area contributed by atoms with Crippen molar-refractivity contribution in [1.29, 1.82) is 0 Å². The first-order valence-corrected chi connectivity index (χ1v) is 9.24. The van der Waals surface area contributed by atoms with E-state index in [0.717, 1.165) is 0 Å². The fraction of sp³-hybridized carbons (Fsp3) is 0.692. The lowest BCUT2D eigenvalue weighted by atomic mass is 10.1. The molecule has 0 nitrogen and oxygen atoms in total. The minimum absolute atomic E-state index is 1.15. The van der Waals surface area contributed by atoms with E-state index in [1.54, 1.807) is 0 Å². The molecular weight excluding hydrogens is 184 g/mol. The van der Waals surface area contributed by atoms with Crippen molar-refractivity contribution in [3.05, 3.63) is 12.2 Å². The molecule has 0 aromatic carbocycles. The Kier molecular flexibility index (Phi) is 7.61. The van der Waals surface area contributed by atoms with Gasteiger partial charge in [0.2, 0.25) is 0 Å². The van der Waals surface area contributed by atoms with Crippen LogP contribution in [0.5, 0.6) is 0 Å². The van der Waals surface area contributed by atoms with E-state index in [9.17, 15) is 0 Å². The van der Waals surface area contributed by atoms with Gasteiger partial charge < -0.3 is 0 Å². The Morgan fingerprint density at radius 3 is 2.36 bits per heavy atom. The van der Waals surface area contributed by atoms with E-state index in [2.05, 4.69) is 44.1 Å². The fourth-order valence-electron chi connectivity index (χ4n) is 1.09. The van der Waals surface area contributed by atoms with Crippen molar-refractivity contribution in [2.75, 3.05) is 0 Å². The number of rotatable bonds is 5. The predicted octanol–water partition coefficient (Wildman–Crippen LogP) is 4.39. The van der Waals surface area contributed by atoms with Crippen LogP contribution in [0.2, 0.25) is 19.6 Å². The van der Waals surface area contributed by atoms with Crippen LogP contribution in [0.4, 0.5) is 0 Å². The molecule has 0 fully saturated rings. The molecule has 80 valence electrons. The molecule has 0 aromatic rings. The van der Waals surface area contributed by atoms with Crippen molar-refractivity contribution >= 4 is 8.07 Å². The van der Waals surface area contributed by atoms with Crippen molar-refractivity contribution in [3.8, 4) is 11.5 Å². The maximum Gasteiger partial charge on any atom is 0.129 e. The SMILES string of the molecule is CCCCCC/C=C\C#C[Si](C)(C)C. The van der Waals surface area contributed by atoms with Crippen LogP contribution in [0.15, 0.2) is 12.2 Å². The summed E-state index contributed by atoms with van der Waals surface area (Å²) < 4.78 is 0. The highest BCUT2D eigenvalue weighted by Gasteiger charge is 2.06. The third kappa shape index (κ3) is 11.5. The molecule has 0 spiro atoms. The standard InChI is InChI=1S/C13H24Si/c1-5-6-7-8-9-10-11-12-13-14(2,3)4/h10-11H,5-9H2,1-4H3/b11-10-. The van der Waals surface area contributed by atoms with E-state index in [4.69, 9.17) is 0 Å². The second kappa shape index (κ2) is 7.88. The highest BCUT2D eigenvalue weighted by Crippen LogP contribution is 2.02. The smallest absolute Gasteiger partial charge is 0.127 e. The van der Waals surface area contributed by atoms with Crippen LogP contribution in [0.25, 0.3) is 0 Å². The normalized spacial score (nSPS) is 11.4. The van der Waals surface area contributed by atoms with Crippen molar-refractivity contribution < 1.29 is 0 Å². The van der Waals surface area contributed by atoms with Crippen LogP contribution in [-0.4, -0.2) is 8.07 Å². The Labute approximate surface area is 90.8 Å². The molecule has 0 unspecified atom stereocenters. The Balaban J connectivity index is 3.48. The number of hydrogen-bond donors (Lipinski definition) is 0. The zero-order valence-electron chi connectivity index (χ0n) is 10.2. The second-order valence-corrected chi connectivity index (χ2v) is 9.52. The van der Waals surface area contributed by atoms with Gasteiger partial charge in [-0.25, -0.2) is 0 Å². The maximum absolute atomic E-state index is 3.33. The van der Waals surface area contributed by atoms with E-state index >= 15 is 0 Å². The molecule has 0 aromatic heterocycles. The van der Waals surface area contributed by atoms with Gasteiger partial charge in [-0.1, -0.05) is 57.8 Å². The molecule has 0 aliphatic rings. The van der Waals surface area contributed by atoms with Gasteiger partial charge >= 0.3 is 0 Å². The van der Waals surface area contributed by atoms with E-state index in [0.29, 0.717) is 0 Å². The Morgan fingerprint density at radius 2 is 1.79 bits per heavy atom. The molecule has 0 rings (SSSR count). The third-order valence-corrected chi connectivity index (χ3v) is 2.77. The summed E-state index contributed by atoms with van der Waals surface area (Å²) in [7, 11) is -1.15. The van der Waals surface area contributed by atoms with Gasteiger partial charge in [-0.3, -0.25) is 0 Å². The molecule has 14 heavy (non-hydrogen) atoms. The van der Waals surface area contributed by atoms with Gasteiger partial charge in [0.1, 0.15) is 8.07 Å². The van der Waals surface area contributed by atoms with Crippen LogP contribution in [-0.2, 0) is 0 Å². The molecular formula is C13H24Si. The van der Waals surface area contributed by atoms with Gasteiger partial charge in [0.25, 0.3) is 0 Å². The molecule has 0 N–H and O–H groups in total. The minimum atomic E-state index is -1.15. The van der Waals surface area contributed by atoms with Crippen LogP contribution >= 0.6 is 0 Å². The van der Waals surface area contributed by atoms with Crippen LogP contribution in [0, 0.1) is 11.5 Å². The van der Waals surface area contributed by atoms with Crippen molar-refractivity contribution in [2.45, 2.75) is 58.7 Å². The van der Waals surface area contributed by atoms with Crippen LogP contribution in [0.3, 0.4) is 0 Å². The van der Waals surface area contributed by atoms with Gasteiger partial charge in [0.05, 0.1) is 0 Å². The van der Waals surface area contributed by atoms with E-state index in [1.807, 2.05) is 6.08 Å². The van der Waals surface area contributed by atoms with Gasteiger partial charge in [0.15, 0.2) is 0 Å². The highest BCUT2D eigenvalue weighted by molar-refractivity contribution is 6.83. The fourth-order valence-corrected chi connectivity index (χ4v) is 1.61. The summed E-state index contributed by atoms with van der Waals surface area (Å²) in [5, 5.41) is 0. The molecule has 1 heteroatoms. The van der Waals surface area contributed by atoms with E-state index in [1.165, 1.54) is 32.1 Å². The summed E-state index contributed by atoms with van der Waals surface area (Å²) in [5.41, 5.74) is 3.33. The largest absolute Gasteiger partial charge is 0.129 e. The number of unbranched alkanes of at least 4 members (excludes halogenated alkanes) is 4. The lowest BCUT2D eigenvalue weighted by Gasteiger charge is -2.02. The lowest BCUT2D eigenvalue weighted by Crippen LogP contribution is -2.16. The summed E-state index contributed by atoms with van der Waals surface area (Å²) in [6, 6.07) is 0. The van der Waals surface area contributed by atoms with Crippen LogP contribution < -0.4 is 0 Å². The molecule has 0 radical (unpaired) electrons. The van der Waals surface area contributed by atoms with Crippen molar-refractivity contribution in [3.63, 3.8) is 0 Å². The first kappa shape index (κ1) is 13.5. The molecule has 0 heterocycles. The number of hydrogen-bond acceptors (Lipinski definition) is 0. The first-order chi connectivity index (χ1) is 6.56. The average molecular weight is 208 g/mol. The summed E-state index contributed by atoms with van der Waals surface area (Å²) in [6.07, 6.45) is 10.8. The zero-order valence-corrected chi connectivity index (χ0v) is 11.2. The minimum Gasteiger partial charge on any atom is -0.127 e. The Morgan fingerprint density at radius 1 is 1.07 bits per heavy atom. The van der Waals surface area contributed by atoms with Crippen molar-refractivity contribution in [2.24, 2.45) is 0 Å². The van der Waals surface area contributed by atoms with Gasteiger partial charge in [0, 0.05) is 0 Å². The summed E-state index contributed by atoms with van der Waals surface area (Å²) in [6.45, 7) is 9.06. The van der Waals surface area contributed by atoms with Crippen molar-refractivity contribution in [1.82, 2.24) is 0 Å². The van der Waals surface area contributed by atoms with Gasteiger partial charge in [-0.15, -0.1) is 5.54 Å². The molecule has 0 saturated heterocycles. The molecule has 0 aliphatic heterocycles. The highest BCUT2D eigenvalue weighted by atomic mass is 28.3. The van der Waals surface area contributed by atoms with Crippen LogP contribution in [0.1, 0.15) is 39.0 Å². The predicted molar refractivity (Wildman–Crippen MR) is 69.0 cm³/mol. The topological polar surface area (TPSA) is 0 Å². The second-order valence-electron chi connectivity index (χ2n) is 4.77. The Hall–Kier alpha value is -0.483. The Bertz CT molecular complexity index is 210. The monoisotopic (exact) mass is 208 g/mol. The van der Waals surface area contributed by atoms with E-state index < -0.39 is 8.07 Å².